The van der Waals surface area contributed by atoms with E-state index in [0.29, 0.717) is 22.9 Å². The van der Waals surface area contributed by atoms with Gasteiger partial charge in [0.25, 0.3) is 0 Å². The topological polar surface area (TPSA) is 83.6 Å². The van der Waals surface area contributed by atoms with Crippen molar-refractivity contribution in [1.82, 2.24) is 4.57 Å². The van der Waals surface area contributed by atoms with Crippen molar-refractivity contribution in [1.29, 1.82) is 0 Å². The lowest BCUT2D eigenvalue weighted by molar-refractivity contribution is -0.137. The van der Waals surface area contributed by atoms with Crippen LogP contribution in [-0.4, -0.2) is 30.2 Å². The Morgan fingerprint density at radius 1 is 1.16 bits per heavy atom. The van der Waals surface area contributed by atoms with E-state index in [1.807, 2.05) is 35.9 Å². The Kier molecular flexibility index (Phi) is 6.82. The van der Waals surface area contributed by atoms with Crippen molar-refractivity contribution in [2.24, 2.45) is 5.73 Å². The van der Waals surface area contributed by atoms with E-state index in [2.05, 4.69) is 0 Å². The highest BCUT2D eigenvalue weighted by molar-refractivity contribution is 6.30. The van der Waals surface area contributed by atoms with Crippen LogP contribution in [-0.2, 0) is 9.53 Å². The third-order valence-corrected chi connectivity index (χ3v) is 5.01. The summed E-state index contributed by atoms with van der Waals surface area (Å²) >= 11 is 6.14. The van der Waals surface area contributed by atoms with E-state index in [0.717, 1.165) is 28.1 Å². The number of aryl methyl sites for hydroxylation is 1. The van der Waals surface area contributed by atoms with Crippen molar-refractivity contribution in [3.8, 4) is 22.7 Å². The highest BCUT2D eigenvalue weighted by Gasteiger charge is 2.17. The van der Waals surface area contributed by atoms with Crippen LogP contribution >= 0.6 is 11.6 Å². The van der Waals surface area contributed by atoms with Crippen molar-refractivity contribution in [2.45, 2.75) is 13.8 Å². The molecule has 6 nitrogen and oxygen atoms in total. The van der Waals surface area contributed by atoms with Crippen molar-refractivity contribution in [3.05, 3.63) is 76.5 Å². The molecule has 1 aromatic heterocycles. The second-order valence-electron chi connectivity index (χ2n) is 6.79. The average Bonchev–Trinajstić information content (AvgIpc) is 3.15. The molecule has 7 heteroatoms. The number of methoxy groups -OCH3 is 1. The number of amides is 1. The van der Waals surface area contributed by atoms with Crippen LogP contribution in [0.5, 0.6) is 5.75 Å². The molecule has 0 fully saturated rings. The smallest absolute Gasteiger partial charge is 0.330 e. The number of carbonyl (C=O) groups excluding carboxylic acids is 2. The summed E-state index contributed by atoms with van der Waals surface area (Å²) in [7, 11) is 1.58. The lowest BCUT2D eigenvalue weighted by Gasteiger charge is -2.16. The molecule has 2 N–H and O–H groups in total. The van der Waals surface area contributed by atoms with Crippen molar-refractivity contribution < 1.29 is 19.1 Å². The zero-order valence-corrected chi connectivity index (χ0v) is 18.3. The Bertz CT molecular complexity index is 1160. The maximum atomic E-state index is 11.9. The molecule has 3 rings (SSSR count). The highest BCUT2D eigenvalue weighted by atomic mass is 35.5. The number of halogens is 1. The number of hydrogen-bond donors (Lipinski definition) is 1. The maximum absolute atomic E-state index is 11.9. The first kappa shape index (κ1) is 22.2. The standard InChI is InChI=1S/C24H23ClN2O4/c1-4-31-22(28)10-6-16-11-12-27(20-9-7-18(25)14-21(20)30-3)23(16)19-8-5-17(24(26)29)13-15(19)2/h5-14H,4H2,1-3H3,(H2,26,29)/b10-6+. The molecule has 1 amide bonds. The molecule has 0 spiro atoms. The lowest BCUT2D eigenvalue weighted by Crippen LogP contribution is -2.11. The number of benzene rings is 2. The Balaban J connectivity index is 2.22. The number of nitrogens with two attached hydrogens (primary N) is 1. The zero-order valence-electron chi connectivity index (χ0n) is 17.5. The normalized spacial score (nSPS) is 11.0. The van der Waals surface area contributed by atoms with E-state index in [1.165, 1.54) is 6.08 Å². The lowest BCUT2D eigenvalue weighted by atomic mass is 9.99. The molecule has 0 aliphatic rings. The molecule has 0 atom stereocenters. The van der Waals surface area contributed by atoms with E-state index in [4.69, 9.17) is 26.8 Å². The summed E-state index contributed by atoms with van der Waals surface area (Å²) in [5, 5.41) is 0.554. The third kappa shape index (κ3) is 4.81. The first-order chi connectivity index (χ1) is 14.8. The molecule has 0 saturated carbocycles. The van der Waals surface area contributed by atoms with E-state index < -0.39 is 11.9 Å². The molecule has 0 bridgehead atoms. The van der Waals surface area contributed by atoms with Crippen LogP contribution in [0.25, 0.3) is 23.0 Å². The summed E-state index contributed by atoms with van der Waals surface area (Å²) in [6.07, 6.45) is 4.97. The fraction of sp³-hybridized carbons (Fsp3) is 0.167. The van der Waals surface area contributed by atoms with Crippen LogP contribution in [0.1, 0.15) is 28.4 Å². The van der Waals surface area contributed by atoms with Crippen LogP contribution in [0, 0.1) is 6.92 Å². The van der Waals surface area contributed by atoms with Crippen molar-refractivity contribution in [2.75, 3.05) is 13.7 Å². The Morgan fingerprint density at radius 2 is 1.94 bits per heavy atom. The average molecular weight is 439 g/mol. The maximum Gasteiger partial charge on any atom is 0.330 e. The SMILES string of the molecule is CCOC(=O)/C=C/c1ccn(-c2ccc(Cl)cc2OC)c1-c1ccc(C(N)=O)cc1C. The fourth-order valence-corrected chi connectivity index (χ4v) is 3.51. The quantitative estimate of drug-likeness (QED) is 0.424. The molecule has 31 heavy (non-hydrogen) atoms. The van der Waals surface area contributed by atoms with Gasteiger partial charge in [0.05, 0.1) is 25.1 Å². The van der Waals surface area contributed by atoms with Gasteiger partial charge in [-0.25, -0.2) is 4.79 Å². The first-order valence-electron chi connectivity index (χ1n) is 9.66. The second-order valence-corrected chi connectivity index (χ2v) is 7.22. The van der Waals surface area contributed by atoms with E-state index in [1.54, 1.807) is 44.4 Å². The molecule has 0 aliphatic carbocycles. The number of hydrogen-bond acceptors (Lipinski definition) is 4. The molecule has 3 aromatic rings. The van der Waals surface area contributed by atoms with Gasteiger partial charge in [0.2, 0.25) is 5.91 Å². The van der Waals surface area contributed by atoms with Crippen LogP contribution in [0.15, 0.2) is 54.7 Å². The fourth-order valence-electron chi connectivity index (χ4n) is 3.35. The summed E-state index contributed by atoms with van der Waals surface area (Å²) in [6, 6.07) is 12.5. The number of aromatic nitrogens is 1. The number of rotatable bonds is 7. The minimum Gasteiger partial charge on any atom is -0.495 e. The van der Waals surface area contributed by atoms with Gasteiger partial charge in [-0.15, -0.1) is 0 Å². The Labute approximate surface area is 185 Å². The number of esters is 1. The van der Waals surface area contributed by atoms with Gasteiger partial charge >= 0.3 is 5.97 Å². The highest BCUT2D eigenvalue weighted by Crippen LogP contribution is 2.35. The summed E-state index contributed by atoms with van der Waals surface area (Å²) in [5.41, 5.74) is 9.96. The third-order valence-electron chi connectivity index (χ3n) is 4.77. The molecular weight excluding hydrogens is 416 g/mol. The van der Waals surface area contributed by atoms with Gasteiger partial charge in [-0.3, -0.25) is 4.79 Å². The largest absolute Gasteiger partial charge is 0.495 e. The molecule has 2 aromatic carbocycles. The molecule has 0 unspecified atom stereocenters. The molecular formula is C24H23ClN2O4. The minimum absolute atomic E-state index is 0.298. The van der Waals surface area contributed by atoms with Gasteiger partial charge in [0.15, 0.2) is 0 Å². The van der Waals surface area contributed by atoms with Crippen LogP contribution in [0.3, 0.4) is 0 Å². The van der Waals surface area contributed by atoms with Gasteiger partial charge in [-0.1, -0.05) is 17.7 Å². The van der Waals surface area contributed by atoms with Crippen LogP contribution in [0.2, 0.25) is 5.02 Å². The van der Waals surface area contributed by atoms with E-state index in [9.17, 15) is 9.59 Å². The van der Waals surface area contributed by atoms with Gasteiger partial charge in [-0.05, 0) is 55.8 Å². The summed E-state index contributed by atoms with van der Waals surface area (Å²) in [5.74, 6) is -0.324. The van der Waals surface area contributed by atoms with Crippen molar-refractivity contribution >= 4 is 29.6 Å². The number of nitrogens with zero attached hydrogens (tertiary/aromatic N) is 1. The number of primary amides is 1. The van der Waals surface area contributed by atoms with Gasteiger partial charge < -0.3 is 19.8 Å². The molecule has 1 heterocycles. The molecule has 0 radical (unpaired) electrons. The molecule has 0 saturated heterocycles. The van der Waals surface area contributed by atoms with Gasteiger partial charge in [0.1, 0.15) is 5.75 Å². The number of ether oxygens (including phenoxy) is 2. The zero-order chi connectivity index (χ0) is 22.5. The predicted octanol–water partition coefficient (Wildman–Crippen LogP) is 4.79. The summed E-state index contributed by atoms with van der Waals surface area (Å²) in [4.78, 5) is 23.4. The van der Waals surface area contributed by atoms with E-state index in [-0.39, 0.29) is 0 Å². The Morgan fingerprint density at radius 3 is 2.58 bits per heavy atom. The second kappa shape index (κ2) is 9.53. The van der Waals surface area contributed by atoms with Crippen LogP contribution in [0.4, 0.5) is 0 Å². The summed E-state index contributed by atoms with van der Waals surface area (Å²) < 4.78 is 12.5. The number of carbonyl (C=O) groups is 2. The van der Waals surface area contributed by atoms with E-state index >= 15 is 0 Å². The monoisotopic (exact) mass is 438 g/mol. The molecule has 0 aliphatic heterocycles. The Hall–Kier alpha value is -3.51. The summed E-state index contributed by atoms with van der Waals surface area (Å²) in [6.45, 7) is 3.95. The van der Waals surface area contributed by atoms with Gasteiger partial charge in [0, 0.05) is 40.1 Å². The predicted molar refractivity (Wildman–Crippen MR) is 122 cm³/mol. The van der Waals surface area contributed by atoms with Crippen molar-refractivity contribution in [3.63, 3.8) is 0 Å². The van der Waals surface area contributed by atoms with Crippen LogP contribution < -0.4 is 10.5 Å². The first-order valence-corrected chi connectivity index (χ1v) is 10.0. The van der Waals surface area contributed by atoms with Gasteiger partial charge in [-0.2, -0.15) is 0 Å². The minimum atomic E-state index is -0.494. The molecule has 160 valence electrons.